The van der Waals surface area contributed by atoms with E-state index in [0.29, 0.717) is 5.92 Å². The Labute approximate surface area is 152 Å². The van der Waals surface area contributed by atoms with E-state index < -0.39 is 0 Å². The highest BCUT2D eigenvalue weighted by Gasteiger charge is 2.24. The van der Waals surface area contributed by atoms with Gasteiger partial charge in [-0.1, -0.05) is 23.9 Å². The monoisotopic (exact) mass is 353 g/mol. The number of imidazole rings is 1. The van der Waals surface area contributed by atoms with E-state index in [0.717, 1.165) is 41.6 Å². The van der Waals surface area contributed by atoms with Crippen LogP contribution in [-0.2, 0) is 6.54 Å². The number of fused-ring (bicyclic) bond motifs is 1. The number of aromatic nitrogens is 4. The minimum atomic E-state index is 0.465. The summed E-state index contributed by atoms with van der Waals surface area (Å²) in [6, 6.07) is 6.33. The zero-order valence-electron chi connectivity index (χ0n) is 14.7. The zero-order valence-corrected chi connectivity index (χ0v) is 15.5. The van der Waals surface area contributed by atoms with Crippen LogP contribution < -0.4 is 0 Å². The van der Waals surface area contributed by atoms with Crippen molar-refractivity contribution in [2.24, 2.45) is 0 Å². The summed E-state index contributed by atoms with van der Waals surface area (Å²) in [5.74, 6) is 1.59. The van der Waals surface area contributed by atoms with Gasteiger partial charge in [-0.3, -0.25) is 4.90 Å². The lowest BCUT2D eigenvalue weighted by molar-refractivity contribution is 0.196. The van der Waals surface area contributed by atoms with Gasteiger partial charge >= 0.3 is 0 Å². The van der Waals surface area contributed by atoms with Crippen LogP contribution in [0.3, 0.4) is 0 Å². The molecule has 130 valence electrons. The highest BCUT2D eigenvalue weighted by Crippen LogP contribution is 2.28. The number of aryl methyl sites for hydroxylation is 1. The largest absolute Gasteiger partial charge is 0.342 e. The molecule has 1 fully saturated rings. The van der Waals surface area contributed by atoms with Gasteiger partial charge in [-0.15, -0.1) is 0 Å². The Morgan fingerprint density at radius 2 is 2.12 bits per heavy atom. The van der Waals surface area contributed by atoms with Crippen molar-refractivity contribution in [3.05, 3.63) is 47.5 Å². The van der Waals surface area contributed by atoms with Crippen molar-refractivity contribution in [1.29, 1.82) is 0 Å². The van der Waals surface area contributed by atoms with Gasteiger partial charge in [-0.25, -0.2) is 15.0 Å². The number of thioether (sulfide) groups is 1. The molecular formula is C19H23N5S. The minimum absolute atomic E-state index is 0.465. The van der Waals surface area contributed by atoms with E-state index in [2.05, 4.69) is 45.0 Å². The highest BCUT2D eigenvalue weighted by atomic mass is 32.2. The van der Waals surface area contributed by atoms with Crippen molar-refractivity contribution >= 4 is 22.8 Å². The first-order chi connectivity index (χ1) is 12.2. The molecule has 0 amide bonds. The number of aromatic amines is 1. The number of rotatable bonds is 4. The first kappa shape index (κ1) is 16.5. The maximum atomic E-state index is 4.89. The summed E-state index contributed by atoms with van der Waals surface area (Å²) in [5, 5.41) is 0.831. The summed E-state index contributed by atoms with van der Waals surface area (Å²) in [4.78, 5) is 19.7. The number of nitrogens with zero attached hydrogens (tertiary/aromatic N) is 4. The summed E-state index contributed by atoms with van der Waals surface area (Å²) >= 11 is 1.58. The molecule has 0 bridgehead atoms. The molecule has 0 unspecified atom stereocenters. The fourth-order valence-corrected chi connectivity index (χ4v) is 3.91. The number of likely N-dealkylation sites (tertiary alicyclic amines) is 1. The third-order valence-corrected chi connectivity index (χ3v) is 5.47. The molecular weight excluding hydrogens is 330 g/mol. The minimum Gasteiger partial charge on any atom is -0.342 e. The van der Waals surface area contributed by atoms with Crippen LogP contribution in [-0.4, -0.2) is 44.2 Å². The van der Waals surface area contributed by atoms with E-state index in [1.807, 2.05) is 18.6 Å². The van der Waals surface area contributed by atoms with Gasteiger partial charge in [0.25, 0.3) is 0 Å². The Hall–Kier alpha value is -1.92. The van der Waals surface area contributed by atoms with Crippen molar-refractivity contribution in [3.63, 3.8) is 0 Å². The van der Waals surface area contributed by atoms with Crippen LogP contribution >= 0.6 is 11.8 Å². The Bertz CT molecular complexity index is 858. The van der Waals surface area contributed by atoms with Crippen molar-refractivity contribution in [3.8, 4) is 0 Å². The maximum absolute atomic E-state index is 4.89. The van der Waals surface area contributed by atoms with Gasteiger partial charge in [0.15, 0.2) is 5.16 Å². The number of nitrogens with one attached hydrogen (secondary N) is 1. The summed E-state index contributed by atoms with van der Waals surface area (Å²) in [6.07, 6.45) is 8.29. The Kier molecular flexibility index (Phi) is 4.72. The van der Waals surface area contributed by atoms with E-state index in [1.165, 1.54) is 24.0 Å². The van der Waals surface area contributed by atoms with Gasteiger partial charge in [0.2, 0.25) is 0 Å². The van der Waals surface area contributed by atoms with Crippen molar-refractivity contribution < 1.29 is 0 Å². The average Bonchev–Trinajstić information content (AvgIpc) is 3.08. The number of hydrogen-bond acceptors (Lipinski definition) is 5. The highest BCUT2D eigenvalue weighted by molar-refractivity contribution is 7.98. The van der Waals surface area contributed by atoms with E-state index in [-0.39, 0.29) is 0 Å². The lowest BCUT2D eigenvalue weighted by Gasteiger charge is -2.31. The molecule has 25 heavy (non-hydrogen) atoms. The molecule has 3 aromatic rings. The predicted molar refractivity (Wildman–Crippen MR) is 102 cm³/mol. The molecule has 3 heterocycles. The maximum Gasteiger partial charge on any atom is 0.187 e. The van der Waals surface area contributed by atoms with Gasteiger partial charge < -0.3 is 4.98 Å². The third-order valence-electron chi connectivity index (χ3n) is 4.90. The lowest BCUT2D eigenvalue weighted by Crippen LogP contribution is -2.34. The number of hydrogen-bond donors (Lipinski definition) is 1. The van der Waals surface area contributed by atoms with Gasteiger partial charge in [0, 0.05) is 37.0 Å². The van der Waals surface area contributed by atoms with E-state index in [9.17, 15) is 0 Å². The fraction of sp³-hybridized carbons (Fsp3) is 0.421. The molecule has 0 aliphatic carbocycles. The van der Waals surface area contributed by atoms with Crippen molar-refractivity contribution in [2.45, 2.75) is 37.4 Å². The molecule has 0 radical (unpaired) electrons. The van der Waals surface area contributed by atoms with Gasteiger partial charge in [-0.2, -0.15) is 0 Å². The molecule has 1 aliphatic heterocycles. The topological polar surface area (TPSA) is 57.7 Å². The fourth-order valence-electron chi connectivity index (χ4n) is 3.60. The first-order valence-electron chi connectivity index (χ1n) is 8.75. The summed E-state index contributed by atoms with van der Waals surface area (Å²) in [6.45, 7) is 5.19. The number of benzene rings is 1. The van der Waals surface area contributed by atoms with Crippen LogP contribution in [0.2, 0.25) is 0 Å². The summed E-state index contributed by atoms with van der Waals surface area (Å²) < 4.78 is 0. The van der Waals surface area contributed by atoms with E-state index in [4.69, 9.17) is 4.98 Å². The van der Waals surface area contributed by atoms with Gasteiger partial charge in [-0.05, 0) is 44.2 Å². The second-order valence-corrected chi connectivity index (χ2v) is 7.52. The van der Waals surface area contributed by atoms with Crippen LogP contribution in [0.1, 0.15) is 35.7 Å². The normalized spacial score (nSPS) is 18.7. The molecule has 0 spiro atoms. The lowest BCUT2D eigenvalue weighted by atomic mass is 9.97. The molecule has 4 rings (SSSR count). The molecule has 0 saturated carbocycles. The second kappa shape index (κ2) is 7.14. The number of para-hydroxylation sites is 1. The number of H-pyrrole nitrogens is 1. The molecule has 1 atom stereocenters. The van der Waals surface area contributed by atoms with Crippen LogP contribution in [0.25, 0.3) is 11.0 Å². The van der Waals surface area contributed by atoms with Crippen molar-refractivity contribution in [2.75, 3.05) is 19.3 Å². The van der Waals surface area contributed by atoms with Crippen LogP contribution in [0.5, 0.6) is 0 Å². The second-order valence-electron chi connectivity index (χ2n) is 6.75. The smallest absolute Gasteiger partial charge is 0.187 e. The summed E-state index contributed by atoms with van der Waals surface area (Å²) in [7, 11) is 0. The molecule has 1 aliphatic rings. The standard InChI is InChI=1S/C19H23N5S/c1-13-5-3-7-16-17(13)23-18(22-16)15-6-4-8-24(12-15)11-14-9-20-19(25-2)21-10-14/h3,5,7,9-10,15H,4,6,8,11-12H2,1-2H3,(H,22,23)/t15-/m0/s1. The SMILES string of the molecule is CSc1ncc(CN2CCC[C@H](c3nc4c(C)cccc4[nH]3)C2)cn1. The van der Waals surface area contributed by atoms with Gasteiger partial charge in [0.05, 0.1) is 11.0 Å². The van der Waals surface area contributed by atoms with Crippen LogP contribution in [0, 0.1) is 6.92 Å². The average molecular weight is 353 g/mol. The quantitative estimate of drug-likeness (QED) is 0.572. The molecule has 1 saturated heterocycles. The summed E-state index contributed by atoms with van der Waals surface area (Å²) in [5.41, 5.74) is 4.67. The third kappa shape index (κ3) is 3.55. The van der Waals surface area contributed by atoms with Crippen molar-refractivity contribution in [1.82, 2.24) is 24.8 Å². The Morgan fingerprint density at radius 3 is 2.88 bits per heavy atom. The van der Waals surface area contributed by atoms with Gasteiger partial charge in [0.1, 0.15) is 5.82 Å². The molecule has 1 N–H and O–H groups in total. The first-order valence-corrected chi connectivity index (χ1v) is 9.98. The van der Waals surface area contributed by atoms with Crippen LogP contribution in [0.4, 0.5) is 0 Å². The Balaban J connectivity index is 1.48. The molecule has 2 aromatic heterocycles. The predicted octanol–water partition coefficient (Wildman–Crippen LogP) is 3.76. The van der Waals surface area contributed by atoms with E-state index >= 15 is 0 Å². The zero-order chi connectivity index (χ0) is 17.2. The molecule has 5 nitrogen and oxygen atoms in total. The Morgan fingerprint density at radius 1 is 1.28 bits per heavy atom. The number of piperidine rings is 1. The van der Waals surface area contributed by atoms with E-state index in [1.54, 1.807) is 11.8 Å². The van der Waals surface area contributed by atoms with Crippen LogP contribution in [0.15, 0.2) is 35.7 Å². The molecule has 6 heteroatoms. The molecule has 1 aromatic carbocycles.